The van der Waals surface area contributed by atoms with Crippen LogP contribution in [0.3, 0.4) is 0 Å². The summed E-state index contributed by atoms with van der Waals surface area (Å²) in [5.41, 5.74) is 2.10. The SMILES string of the molecule is Cc1cccc(-c2nnc([C@@H](C)Sc3nnnn3C3CCCC3)o2)c1. The molecule has 1 atom stereocenters. The molecule has 0 bridgehead atoms. The standard InChI is InChI=1S/C17H20N6OS/c1-11-6-5-7-13(10-11)16-19-18-15(24-16)12(2)25-17-20-21-22-23(17)14-8-3-4-9-14/h5-7,10,12,14H,3-4,8-9H2,1-2H3/t12-/m1/s1. The highest BCUT2D eigenvalue weighted by Crippen LogP contribution is 2.37. The van der Waals surface area contributed by atoms with Crippen molar-refractivity contribution in [2.45, 2.75) is 56.0 Å². The number of nitrogens with zero attached hydrogens (tertiary/aromatic N) is 6. The van der Waals surface area contributed by atoms with E-state index in [2.05, 4.69) is 25.7 Å². The first-order chi connectivity index (χ1) is 12.2. The minimum atomic E-state index is -0.0165. The Morgan fingerprint density at radius 3 is 2.84 bits per heavy atom. The van der Waals surface area contributed by atoms with Gasteiger partial charge in [-0.2, -0.15) is 0 Å². The van der Waals surface area contributed by atoms with Crippen LogP contribution in [0.4, 0.5) is 0 Å². The van der Waals surface area contributed by atoms with E-state index in [9.17, 15) is 0 Å². The van der Waals surface area contributed by atoms with Crippen molar-refractivity contribution in [3.05, 3.63) is 35.7 Å². The molecule has 0 amide bonds. The van der Waals surface area contributed by atoms with E-state index in [0.29, 0.717) is 17.8 Å². The van der Waals surface area contributed by atoms with Gasteiger partial charge >= 0.3 is 0 Å². The normalized spacial score (nSPS) is 16.4. The smallest absolute Gasteiger partial charge is 0.247 e. The fraction of sp³-hybridized carbons (Fsp3) is 0.471. The van der Waals surface area contributed by atoms with Crippen molar-refractivity contribution >= 4 is 11.8 Å². The van der Waals surface area contributed by atoms with E-state index in [0.717, 1.165) is 29.1 Å². The van der Waals surface area contributed by atoms with Gasteiger partial charge in [0.05, 0.1) is 11.3 Å². The van der Waals surface area contributed by atoms with E-state index in [4.69, 9.17) is 4.42 Å². The number of hydrogen-bond donors (Lipinski definition) is 0. The van der Waals surface area contributed by atoms with Crippen LogP contribution in [0.5, 0.6) is 0 Å². The number of aryl methyl sites for hydroxylation is 1. The van der Waals surface area contributed by atoms with Gasteiger partial charge in [-0.3, -0.25) is 0 Å². The zero-order valence-corrected chi connectivity index (χ0v) is 15.1. The Hall–Kier alpha value is -2.22. The highest BCUT2D eigenvalue weighted by atomic mass is 32.2. The van der Waals surface area contributed by atoms with Crippen LogP contribution in [0.2, 0.25) is 0 Å². The molecule has 0 spiro atoms. The second kappa shape index (κ2) is 6.95. The minimum Gasteiger partial charge on any atom is -0.419 e. The number of aromatic nitrogens is 6. The third-order valence-corrected chi connectivity index (χ3v) is 5.50. The molecule has 8 heteroatoms. The molecule has 3 aromatic rings. The summed E-state index contributed by atoms with van der Waals surface area (Å²) >= 11 is 1.56. The molecule has 0 saturated heterocycles. The molecule has 130 valence electrons. The maximum Gasteiger partial charge on any atom is 0.247 e. The summed E-state index contributed by atoms with van der Waals surface area (Å²) in [5, 5.41) is 21.4. The largest absolute Gasteiger partial charge is 0.419 e. The Morgan fingerprint density at radius 2 is 2.04 bits per heavy atom. The molecule has 4 rings (SSSR count). The van der Waals surface area contributed by atoms with Crippen LogP contribution in [0.15, 0.2) is 33.8 Å². The van der Waals surface area contributed by atoms with Crippen molar-refractivity contribution < 1.29 is 4.42 Å². The maximum absolute atomic E-state index is 5.88. The highest BCUT2D eigenvalue weighted by Gasteiger charge is 2.24. The molecule has 1 saturated carbocycles. The Balaban J connectivity index is 1.51. The quantitative estimate of drug-likeness (QED) is 0.639. The molecule has 0 N–H and O–H groups in total. The van der Waals surface area contributed by atoms with Crippen LogP contribution < -0.4 is 0 Å². The van der Waals surface area contributed by atoms with Gasteiger partial charge in [-0.05, 0) is 49.2 Å². The van der Waals surface area contributed by atoms with Crippen molar-refractivity contribution in [2.24, 2.45) is 0 Å². The summed E-state index contributed by atoms with van der Waals surface area (Å²) in [4.78, 5) is 0. The molecule has 1 aliphatic carbocycles. The Morgan fingerprint density at radius 1 is 1.20 bits per heavy atom. The third kappa shape index (κ3) is 3.44. The van der Waals surface area contributed by atoms with Gasteiger partial charge < -0.3 is 4.42 Å². The van der Waals surface area contributed by atoms with Crippen molar-refractivity contribution in [2.75, 3.05) is 0 Å². The van der Waals surface area contributed by atoms with Crippen LogP contribution >= 0.6 is 11.8 Å². The van der Waals surface area contributed by atoms with E-state index < -0.39 is 0 Å². The van der Waals surface area contributed by atoms with E-state index >= 15 is 0 Å². The van der Waals surface area contributed by atoms with Crippen LogP contribution in [-0.4, -0.2) is 30.4 Å². The van der Waals surface area contributed by atoms with Crippen molar-refractivity contribution in [3.8, 4) is 11.5 Å². The van der Waals surface area contributed by atoms with E-state index in [-0.39, 0.29) is 5.25 Å². The lowest BCUT2D eigenvalue weighted by atomic mass is 10.1. The van der Waals surface area contributed by atoms with E-state index in [1.807, 2.05) is 42.8 Å². The number of rotatable bonds is 5. The summed E-state index contributed by atoms with van der Waals surface area (Å²) < 4.78 is 7.83. The van der Waals surface area contributed by atoms with Crippen molar-refractivity contribution in [1.29, 1.82) is 0 Å². The molecule has 25 heavy (non-hydrogen) atoms. The average Bonchev–Trinajstić information content (AvgIpc) is 3.35. The molecular formula is C17H20N6OS. The maximum atomic E-state index is 5.88. The van der Waals surface area contributed by atoms with Gasteiger partial charge in [0.1, 0.15) is 0 Å². The number of tetrazole rings is 1. The van der Waals surface area contributed by atoms with Gasteiger partial charge in [0.2, 0.25) is 16.9 Å². The van der Waals surface area contributed by atoms with Gasteiger partial charge in [0.25, 0.3) is 0 Å². The monoisotopic (exact) mass is 356 g/mol. The molecule has 0 radical (unpaired) electrons. The van der Waals surface area contributed by atoms with Gasteiger partial charge in [0, 0.05) is 5.56 Å². The summed E-state index contributed by atoms with van der Waals surface area (Å²) in [6, 6.07) is 8.46. The van der Waals surface area contributed by atoms with E-state index in [1.54, 1.807) is 11.8 Å². The number of hydrogen-bond acceptors (Lipinski definition) is 7. The summed E-state index contributed by atoms with van der Waals surface area (Å²) in [6.45, 7) is 4.08. The lowest BCUT2D eigenvalue weighted by molar-refractivity contribution is 0.422. The summed E-state index contributed by atoms with van der Waals surface area (Å²) in [7, 11) is 0. The molecule has 2 aromatic heterocycles. The molecule has 1 aliphatic rings. The van der Waals surface area contributed by atoms with Gasteiger partial charge in [0.15, 0.2) is 0 Å². The van der Waals surface area contributed by atoms with Crippen molar-refractivity contribution in [3.63, 3.8) is 0 Å². The highest BCUT2D eigenvalue weighted by molar-refractivity contribution is 7.99. The molecular weight excluding hydrogens is 336 g/mol. The molecule has 0 unspecified atom stereocenters. The second-order valence-corrected chi connectivity index (χ2v) is 7.73. The lowest BCUT2D eigenvalue weighted by Crippen LogP contribution is -2.08. The first-order valence-electron chi connectivity index (χ1n) is 8.55. The summed E-state index contributed by atoms with van der Waals surface area (Å²) in [6.07, 6.45) is 4.78. The predicted octanol–water partition coefficient (Wildman–Crippen LogP) is 4.00. The molecule has 7 nitrogen and oxygen atoms in total. The average molecular weight is 356 g/mol. The van der Waals surface area contributed by atoms with Crippen molar-refractivity contribution in [1.82, 2.24) is 30.4 Å². The van der Waals surface area contributed by atoms with Gasteiger partial charge in [-0.1, -0.05) is 42.3 Å². The second-order valence-electron chi connectivity index (χ2n) is 6.42. The third-order valence-electron chi connectivity index (χ3n) is 4.47. The predicted molar refractivity (Wildman–Crippen MR) is 94.1 cm³/mol. The minimum absolute atomic E-state index is 0.0165. The molecule has 1 fully saturated rings. The van der Waals surface area contributed by atoms with E-state index in [1.165, 1.54) is 12.8 Å². The zero-order valence-electron chi connectivity index (χ0n) is 14.3. The van der Waals surface area contributed by atoms with Crippen LogP contribution in [-0.2, 0) is 0 Å². The first-order valence-corrected chi connectivity index (χ1v) is 9.43. The fourth-order valence-electron chi connectivity index (χ4n) is 3.14. The van der Waals surface area contributed by atoms with Gasteiger partial charge in [-0.15, -0.1) is 15.3 Å². The Labute approximate surface area is 150 Å². The summed E-state index contributed by atoms with van der Waals surface area (Å²) in [5.74, 6) is 1.13. The van der Waals surface area contributed by atoms with Crippen LogP contribution in [0.25, 0.3) is 11.5 Å². The van der Waals surface area contributed by atoms with Gasteiger partial charge in [-0.25, -0.2) is 4.68 Å². The zero-order chi connectivity index (χ0) is 17.2. The number of benzene rings is 1. The lowest BCUT2D eigenvalue weighted by Gasteiger charge is -2.12. The van der Waals surface area contributed by atoms with Crippen LogP contribution in [0.1, 0.15) is 55.4 Å². The first kappa shape index (κ1) is 16.3. The molecule has 1 aromatic carbocycles. The molecule has 0 aliphatic heterocycles. The fourth-order valence-corrected chi connectivity index (χ4v) is 4.03. The Bertz CT molecular complexity index is 854. The number of thioether (sulfide) groups is 1. The molecule has 2 heterocycles. The Kier molecular flexibility index (Phi) is 4.52. The topological polar surface area (TPSA) is 82.5 Å². The van der Waals surface area contributed by atoms with Crippen LogP contribution in [0, 0.1) is 6.92 Å².